The van der Waals surface area contributed by atoms with Gasteiger partial charge in [0.1, 0.15) is 5.82 Å². The molecule has 0 aliphatic heterocycles. The third kappa shape index (κ3) is 3.11. The highest BCUT2D eigenvalue weighted by Gasteiger charge is 2.19. The summed E-state index contributed by atoms with van der Waals surface area (Å²) in [6.45, 7) is 7.64. The van der Waals surface area contributed by atoms with Crippen LogP contribution in [0.2, 0.25) is 0 Å². The SMILES string of the molecule is Cc1nnc(NC(=O)c2cc(N)nc(C(C)(C)C)c2)o1. The predicted octanol–water partition coefficient (Wildman–Crippen LogP) is 1.91. The van der Waals surface area contributed by atoms with E-state index in [0.29, 0.717) is 17.3 Å². The van der Waals surface area contributed by atoms with E-state index in [-0.39, 0.29) is 17.3 Å². The van der Waals surface area contributed by atoms with Gasteiger partial charge in [0.05, 0.1) is 0 Å². The van der Waals surface area contributed by atoms with Gasteiger partial charge in [-0.05, 0) is 12.1 Å². The van der Waals surface area contributed by atoms with Gasteiger partial charge in [-0.15, -0.1) is 5.10 Å². The number of carbonyl (C=O) groups excluding carboxylic acids is 1. The zero-order valence-corrected chi connectivity index (χ0v) is 11.9. The molecule has 2 rings (SSSR count). The van der Waals surface area contributed by atoms with E-state index in [4.69, 9.17) is 10.2 Å². The van der Waals surface area contributed by atoms with Gasteiger partial charge in [-0.2, -0.15) is 0 Å². The van der Waals surface area contributed by atoms with E-state index < -0.39 is 0 Å². The Labute approximate surface area is 116 Å². The molecule has 3 N–H and O–H groups in total. The number of aromatic nitrogens is 3. The lowest BCUT2D eigenvalue weighted by Crippen LogP contribution is -2.18. The zero-order chi connectivity index (χ0) is 14.9. The van der Waals surface area contributed by atoms with Crippen LogP contribution in [0.4, 0.5) is 11.8 Å². The first-order valence-corrected chi connectivity index (χ1v) is 6.15. The minimum atomic E-state index is -0.367. The summed E-state index contributed by atoms with van der Waals surface area (Å²) in [5.41, 5.74) is 6.69. The Morgan fingerprint density at radius 2 is 2.00 bits per heavy atom. The van der Waals surface area contributed by atoms with Gasteiger partial charge in [-0.3, -0.25) is 10.1 Å². The fourth-order valence-electron chi connectivity index (χ4n) is 1.58. The Balaban J connectivity index is 2.28. The third-order valence-corrected chi connectivity index (χ3v) is 2.62. The van der Waals surface area contributed by atoms with E-state index in [1.165, 1.54) is 6.07 Å². The number of rotatable bonds is 2. The van der Waals surface area contributed by atoms with Crippen LogP contribution in [0.3, 0.4) is 0 Å². The predicted molar refractivity (Wildman–Crippen MR) is 74.3 cm³/mol. The Kier molecular flexibility index (Phi) is 3.44. The van der Waals surface area contributed by atoms with Gasteiger partial charge in [0, 0.05) is 23.6 Å². The first-order valence-electron chi connectivity index (χ1n) is 6.15. The molecule has 0 aliphatic rings. The van der Waals surface area contributed by atoms with Crippen molar-refractivity contribution >= 4 is 17.7 Å². The van der Waals surface area contributed by atoms with Gasteiger partial charge < -0.3 is 10.2 Å². The molecule has 0 aromatic carbocycles. The molecule has 2 heterocycles. The lowest BCUT2D eigenvalue weighted by atomic mass is 9.90. The van der Waals surface area contributed by atoms with Crippen LogP contribution in [0, 0.1) is 6.92 Å². The first-order chi connectivity index (χ1) is 9.25. The van der Waals surface area contributed by atoms with E-state index in [1.54, 1.807) is 13.0 Å². The number of carbonyl (C=O) groups is 1. The van der Waals surface area contributed by atoms with E-state index >= 15 is 0 Å². The van der Waals surface area contributed by atoms with Crippen molar-refractivity contribution in [3.8, 4) is 0 Å². The maximum atomic E-state index is 12.1. The van der Waals surface area contributed by atoms with E-state index in [9.17, 15) is 4.79 Å². The van der Waals surface area contributed by atoms with Crippen molar-refractivity contribution in [1.29, 1.82) is 0 Å². The van der Waals surface area contributed by atoms with Crippen LogP contribution in [-0.2, 0) is 5.41 Å². The summed E-state index contributed by atoms with van der Waals surface area (Å²) in [6, 6.07) is 3.27. The fraction of sp³-hybridized carbons (Fsp3) is 0.385. The summed E-state index contributed by atoms with van der Waals surface area (Å²) in [5, 5.41) is 9.87. The quantitative estimate of drug-likeness (QED) is 0.866. The number of amides is 1. The van der Waals surface area contributed by atoms with Crippen molar-refractivity contribution in [2.75, 3.05) is 11.1 Å². The lowest BCUT2D eigenvalue weighted by molar-refractivity contribution is 0.102. The summed E-state index contributed by atoms with van der Waals surface area (Å²) in [6.07, 6.45) is 0. The highest BCUT2D eigenvalue weighted by molar-refractivity contribution is 6.03. The number of nitrogens with one attached hydrogen (secondary N) is 1. The smallest absolute Gasteiger partial charge is 0.322 e. The van der Waals surface area contributed by atoms with Gasteiger partial charge in [-0.1, -0.05) is 25.9 Å². The average Bonchev–Trinajstić information content (AvgIpc) is 2.72. The Morgan fingerprint density at radius 3 is 2.55 bits per heavy atom. The molecule has 1 amide bonds. The number of hydrogen-bond donors (Lipinski definition) is 2. The standard InChI is InChI=1S/C13H17N5O2/c1-7-17-18-12(20-7)16-11(19)8-5-9(13(2,3)4)15-10(14)6-8/h5-6H,1-4H3,(H2,14,15)(H,16,18,19). The fourth-order valence-corrected chi connectivity index (χ4v) is 1.58. The summed E-state index contributed by atoms with van der Waals surface area (Å²) in [4.78, 5) is 16.4. The molecular formula is C13H17N5O2. The molecule has 2 aromatic heterocycles. The molecule has 106 valence electrons. The number of aryl methyl sites for hydroxylation is 1. The van der Waals surface area contributed by atoms with Gasteiger partial charge in [0.15, 0.2) is 0 Å². The van der Waals surface area contributed by atoms with Gasteiger partial charge in [0.2, 0.25) is 5.89 Å². The topological polar surface area (TPSA) is 107 Å². The van der Waals surface area contributed by atoms with Crippen molar-refractivity contribution < 1.29 is 9.21 Å². The molecule has 0 radical (unpaired) electrons. The van der Waals surface area contributed by atoms with Crippen LogP contribution < -0.4 is 11.1 Å². The lowest BCUT2D eigenvalue weighted by Gasteiger charge is -2.18. The Bertz CT molecular complexity index is 642. The van der Waals surface area contributed by atoms with Crippen LogP contribution >= 0.6 is 0 Å². The molecule has 7 heteroatoms. The van der Waals surface area contributed by atoms with E-state index in [0.717, 1.165) is 5.69 Å². The molecule has 0 saturated carbocycles. The summed E-state index contributed by atoms with van der Waals surface area (Å²) < 4.78 is 5.10. The zero-order valence-electron chi connectivity index (χ0n) is 11.9. The summed E-state index contributed by atoms with van der Waals surface area (Å²) in [7, 11) is 0. The third-order valence-electron chi connectivity index (χ3n) is 2.62. The number of nitrogens with zero attached hydrogens (tertiary/aromatic N) is 3. The normalized spacial score (nSPS) is 11.4. The van der Waals surface area contributed by atoms with Gasteiger partial charge in [-0.25, -0.2) is 4.98 Å². The maximum absolute atomic E-state index is 12.1. The molecule has 0 saturated heterocycles. The molecule has 0 spiro atoms. The summed E-state index contributed by atoms with van der Waals surface area (Å²) >= 11 is 0. The molecule has 7 nitrogen and oxygen atoms in total. The molecule has 20 heavy (non-hydrogen) atoms. The van der Waals surface area contributed by atoms with Gasteiger partial charge in [0.25, 0.3) is 5.91 Å². The van der Waals surface area contributed by atoms with Crippen LogP contribution in [0.15, 0.2) is 16.5 Å². The van der Waals surface area contributed by atoms with Crippen LogP contribution in [-0.4, -0.2) is 21.1 Å². The molecule has 0 aliphatic carbocycles. The van der Waals surface area contributed by atoms with E-state index in [1.807, 2.05) is 20.8 Å². The van der Waals surface area contributed by atoms with Crippen molar-refractivity contribution in [2.24, 2.45) is 0 Å². The second-order valence-corrected chi connectivity index (χ2v) is 5.50. The van der Waals surface area contributed by atoms with E-state index in [2.05, 4.69) is 20.5 Å². The van der Waals surface area contributed by atoms with Crippen molar-refractivity contribution in [1.82, 2.24) is 15.2 Å². The number of nitrogen functional groups attached to an aromatic ring is 1. The number of pyridine rings is 1. The Hall–Kier alpha value is -2.44. The van der Waals surface area contributed by atoms with Crippen molar-refractivity contribution in [3.63, 3.8) is 0 Å². The molecule has 0 unspecified atom stereocenters. The number of anilines is 2. The van der Waals surface area contributed by atoms with Crippen LogP contribution in [0.25, 0.3) is 0 Å². The largest absolute Gasteiger partial charge is 0.408 e. The Morgan fingerprint density at radius 1 is 1.30 bits per heavy atom. The molecule has 0 fully saturated rings. The van der Waals surface area contributed by atoms with Gasteiger partial charge >= 0.3 is 6.01 Å². The van der Waals surface area contributed by atoms with Crippen molar-refractivity contribution in [2.45, 2.75) is 33.1 Å². The molecular weight excluding hydrogens is 258 g/mol. The van der Waals surface area contributed by atoms with Crippen LogP contribution in [0.1, 0.15) is 42.7 Å². The van der Waals surface area contributed by atoms with Crippen LogP contribution in [0.5, 0.6) is 0 Å². The number of nitrogens with two attached hydrogens (primary N) is 1. The molecule has 0 bridgehead atoms. The second-order valence-electron chi connectivity index (χ2n) is 5.50. The van der Waals surface area contributed by atoms with Crippen molar-refractivity contribution in [3.05, 3.63) is 29.3 Å². The minimum absolute atomic E-state index is 0.0557. The second kappa shape index (κ2) is 4.92. The summed E-state index contributed by atoms with van der Waals surface area (Å²) in [5.74, 6) is 0.308. The number of hydrogen-bond acceptors (Lipinski definition) is 6. The monoisotopic (exact) mass is 275 g/mol. The molecule has 2 aromatic rings. The maximum Gasteiger partial charge on any atom is 0.322 e. The first kappa shape index (κ1) is 14.0. The highest BCUT2D eigenvalue weighted by Crippen LogP contribution is 2.22. The average molecular weight is 275 g/mol. The molecule has 0 atom stereocenters. The minimum Gasteiger partial charge on any atom is -0.408 e. The highest BCUT2D eigenvalue weighted by atomic mass is 16.4.